The molecule has 9 heteroatoms. The zero-order chi connectivity index (χ0) is 24.8. The maximum Gasteiger partial charge on any atom is 0.407 e. The monoisotopic (exact) mass is 482 g/mol. The molecule has 2 aliphatic rings. The number of aliphatic hydroxyl groups is 1. The second kappa shape index (κ2) is 11.3. The molecule has 1 aliphatic heterocycles. The highest BCUT2D eigenvalue weighted by Gasteiger charge is 2.32. The Bertz CT molecular complexity index is 1030. The van der Waals surface area contributed by atoms with Gasteiger partial charge in [-0.25, -0.2) is 9.59 Å². The minimum atomic E-state index is -1.21. The van der Waals surface area contributed by atoms with Gasteiger partial charge in [-0.3, -0.25) is 4.79 Å². The van der Waals surface area contributed by atoms with Crippen LogP contribution in [-0.4, -0.2) is 66.7 Å². The Morgan fingerprint density at radius 2 is 1.71 bits per heavy atom. The van der Waals surface area contributed by atoms with E-state index in [1.807, 2.05) is 24.3 Å². The first-order valence-electron chi connectivity index (χ1n) is 11.8. The summed E-state index contributed by atoms with van der Waals surface area (Å²) in [6.07, 6.45) is -0.137. The van der Waals surface area contributed by atoms with Crippen LogP contribution in [0.3, 0.4) is 0 Å². The summed E-state index contributed by atoms with van der Waals surface area (Å²) in [6, 6.07) is 14.7. The lowest BCUT2D eigenvalue weighted by Crippen LogP contribution is -2.49. The van der Waals surface area contributed by atoms with E-state index in [1.54, 1.807) is 0 Å². The van der Waals surface area contributed by atoms with E-state index in [0.717, 1.165) is 22.3 Å². The maximum absolute atomic E-state index is 12.7. The number of benzene rings is 2. The van der Waals surface area contributed by atoms with Gasteiger partial charge in [0.25, 0.3) is 0 Å². The molecule has 2 amide bonds. The largest absolute Gasteiger partial charge is 0.480 e. The molecule has 2 unspecified atom stereocenters. The van der Waals surface area contributed by atoms with E-state index in [1.165, 1.54) is 0 Å². The molecule has 0 spiro atoms. The normalized spacial score (nSPS) is 19.8. The Hall–Kier alpha value is -3.43. The minimum absolute atomic E-state index is 0.0104. The molecule has 2 aromatic carbocycles. The number of rotatable bonds is 9. The van der Waals surface area contributed by atoms with E-state index in [2.05, 4.69) is 34.9 Å². The molecule has 9 nitrogen and oxygen atoms in total. The van der Waals surface area contributed by atoms with Gasteiger partial charge in [0.05, 0.1) is 6.61 Å². The summed E-state index contributed by atoms with van der Waals surface area (Å²) in [5.41, 5.74) is 4.54. The van der Waals surface area contributed by atoms with Crippen molar-refractivity contribution < 1.29 is 34.1 Å². The summed E-state index contributed by atoms with van der Waals surface area (Å²) in [4.78, 5) is 36.3. The molecule has 35 heavy (non-hydrogen) atoms. The number of alkyl carbamates (subject to hydrolysis) is 1. The van der Waals surface area contributed by atoms with Crippen molar-refractivity contribution in [3.8, 4) is 11.1 Å². The van der Waals surface area contributed by atoms with Crippen molar-refractivity contribution in [3.05, 3.63) is 59.7 Å². The Labute approximate surface area is 203 Å². The van der Waals surface area contributed by atoms with Crippen molar-refractivity contribution in [1.29, 1.82) is 0 Å². The first-order valence-corrected chi connectivity index (χ1v) is 11.8. The van der Waals surface area contributed by atoms with Crippen LogP contribution in [0.2, 0.25) is 0 Å². The van der Waals surface area contributed by atoms with Crippen LogP contribution in [-0.2, 0) is 19.1 Å². The topological polar surface area (TPSA) is 134 Å². The fraction of sp³-hybridized carbons (Fsp3) is 0.423. The van der Waals surface area contributed by atoms with Crippen LogP contribution in [0.25, 0.3) is 11.1 Å². The smallest absolute Gasteiger partial charge is 0.407 e. The fourth-order valence-electron chi connectivity index (χ4n) is 4.86. The molecule has 0 bridgehead atoms. The molecule has 4 N–H and O–H groups in total. The molecule has 0 aromatic heterocycles. The summed E-state index contributed by atoms with van der Waals surface area (Å²) in [5, 5.41) is 23.5. The lowest BCUT2D eigenvalue weighted by Gasteiger charge is -2.32. The minimum Gasteiger partial charge on any atom is -0.480 e. The van der Waals surface area contributed by atoms with Gasteiger partial charge in [-0.2, -0.15) is 0 Å². The third-order valence-electron chi connectivity index (χ3n) is 6.62. The van der Waals surface area contributed by atoms with Gasteiger partial charge in [-0.15, -0.1) is 0 Å². The number of carboxylic acid groups (broad SMARTS) is 1. The number of carboxylic acids is 1. The molecule has 1 fully saturated rings. The van der Waals surface area contributed by atoms with Crippen LogP contribution >= 0.6 is 0 Å². The maximum atomic E-state index is 12.7. The lowest BCUT2D eigenvalue weighted by molar-refractivity contribution is -0.142. The summed E-state index contributed by atoms with van der Waals surface area (Å²) >= 11 is 0. The lowest BCUT2D eigenvalue weighted by atomic mass is 9.92. The standard InChI is InChI=1S/C26H30N2O7/c29-11-9-23(25(31)32)27-24(30)13-16-14-34-12-10-22(16)28-26(33)35-15-21-19-7-3-1-5-17(19)18-6-2-4-8-20(18)21/h1-8,16,21-23,29H,9-15H2,(H,27,30)(H,28,33)(H,31,32)/t16?,22?,23-/m1/s1. The fourth-order valence-corrected chi connectivity index (χ4v) is 4.86. The summed E-state index contributed by atoms with van der Waals surface area (Å²) in [6.45, 7) is 0.541. The molecule has 2 aromatic rings. The average Bonchev–Trinajstić information content (AvgIpc) is 3.17. The molecule has 1 saturated heterocycles. The Morgan fingerprint density at radius 3 is 2.34 bits per heavy atom. The number of carbonyl (C=O) groups excluding carboxylic acids is 2. The van der Waals surface area contributed by atoms with E-state index in [0.29, 0.717) is 13.0 Å². The zero-order valence-electron chi connectivity index (χ0n) is 19.3. The highest BCUT2D eigenvalue weighted by Crippen LogP contribution is 2.44. The molecule has 0 radical (unpaired) electrons. The molecule has 1 aliphatic carbocycles. The number of hydrogen-bond acceptors (Lipinski definition) is 6. The Balaban J connectivity index is 1.34. The highest BCUT2D eigenvalue weighted by atomic mass is 16.5. The van der Waals surface area contributed by atoms with E-state index >= 15 is 0 Å². The van der Waals surface area contributed by atoms with Gasteiger partial charge in [-0.05, 0) is 28.7 Å². The molecule has 0 saturated carbocycles. The third-order valence-corrected chi connectivity index (χ3v) is 6.62. The van der Waals surface area contributed by atoms with Crippen LogP contribution < -0.4 is 10.6 Å². The Kier molecular flexibility index (Phi) is 7.99. The first kappa shape index (κ1) is 24.7. The predicted molar refractivity (Wildman–Crippen MR) is 127 cm³/mol. The summed E-state index contributed by atoms with van der Waals surface area (Å²) < 4.78 is 11.1. The number of aliphatic hydroxyl groups excluding tert-OH is 1. The SMILES string of the molecule is O=C(CC1COCCC1NC(=O)OCC1c2ccccc2-c2ccccc21)N[C@H](CCO)C(=O)O. The second-order valence-corrected chi connectivity index (χ2v) is 8.87. The van der Waals surface area contributed by atoms with Crippen LogP contribution in [0, 0.1) is 5.92 Å². The van der Waals surface area contributed by atoms with Gasteiger partial charge >= 0.3 is 12.1 Å². The Morgan fingerprint density at radius 1 is 1.06 bits per heavy atom. The van der Waals surface area contributed by atoms with Crippen LogP contribution in [0.1, 0.15) is 36.3 Å². The van der Waals surface area contributed by atoms with Crippen molar-refractivity contribution in [2.45, 2.75) is 37.3 Å². The third kappa shape index (κ3) is 5.80. The average molecular weight is 483 g/mol. The molecular weight excluding hydrogens is 452 g/mol. The van der Waals surface area contributed by atoms with Gasteiger partial charge < -0.3 is 30.3 Å². The van der Waals surface area contributed by atoms with E-state index in [9.17, 15) is 19.5 Å². The van der Waals surface area contributed by atoms with Crippen molar-refractivity contribution in [2.24, 2.45) is 5.92 Å². The molecule has 1 heterocycles. The second-order valence-electron chi connectivity index (χ2n) is 8.87. The van der Waals surface area contributed by atoms with E-state index < -0.39 is 24.0 Å². The molecule has 4 rings (SSSR count). The number of fused-ring (bicyclic) bond motifs is 3. The van der Waals surface area contributed by atoms with Gasteiger partial charge in [0.1, 0.15) is 12.6 Å². The van der Waals surface area contributed by atoms with Crippen LogP contribution in [0.15, 0.2) is 48.5 Å². The van der Waals surface area contributed by atoms with Gasteiger partial charge in [0.2, 0.25) is 5.91 Å². The number of ether oxygens (including phenoxy) is 2. The quantitative estimate of drug-likeness (QED) is 0.431. The van der Waals surface area contributed by atoms with Crippen molar-refractivity contribution in [2.75, 3.05) is 26.4 Å². The first-order chi connectivity index (χ1) is 17.0. The predicted octanol–water partition coefficient (Wildman–Crippen LogP) is 2.27. The van der Waals surface area contributed by atoms with E-state index in [-0.39, 0.29) is 50.5 Å². The number of aliphatic carboxylic acids is 1. The van der Waals surface area contributed by atoms with Crippen molar-refractivity contribution in [1.82, 2.24) is 10.6 Å². The molecule has 186 valence electrons. The molecule has 3 atom stereocenters. The van der Waals surface area contributed by atoms with Gasteiger partial charge in [-0.1, -0.05) is 48.5 Å². The zero-order valence-corrected chi connectivity index (χ0v) is 19.3. The summed E-state index contributed by atoms with van der Waals surface area (Å²) in [7, 11) is 0. The highest BCUT2D eigenvalue weighted by molar-refractivity contribution is 5.83. The van der Waals surface area contributed by atoms with Gasteiger partial charge in [0, 0.05) is 43.9 Å². The number of hydrogen-bond donors (Lipinski definition) is 4. The number of carbonyl (C=O) groups is 3. The van der Waals surface area contributed by atoms with Crippen molar-refractivity contribution >= 4 is 18.0 Å². The molecular formula is C26H30N2O7. The van der Waals surface area contributed by atoms with Crippen LogP contribution in [0.4, 0.5) is 4.79 Å². The summed E-state index contributed by atoms with van der Waals surface area (Å²) in [5.74, 6) is -2.06. The number of nitrogens with one attached hydrogen (secondary N) is 2. The van der Waals surface area contributed by atoms with Gasteiger partial charge in [0.15, 0.2) is 0 Å². The number of amides is 2. The van der Waals surface area contributed by atoms with Crippen LogP contribution in [0.5, 0.6) is 0 Å². The van der Waals surface area contributed by atoms with Crippen molar-refractivity contribution in [3.63, 3.8) is 0 Å². The van der Waals surface area contributed by atoms with E-state index in [4.69, 9.17) is 14.6 Å².